The first-order valence-corrected chi connectivity index (χ1v) is 5.13. The third kappa shape index (κ3) is 3.28. The largest absolute Gasteiger partial charge is 0.339 e. The summed E-state index contributed by atoms with van der Waals surface area (Å²) in [5.41, 5.74) is 5.31. The Hall–Kier alpha value is -0.940. The van der Waals surface area contributed by atoms with Gasteiger partial charge in [-0.1, -0.05) is 5.16 Å². The van der Waals surface area contributed by atoms with Gasteiger partial charge in [0.05, 0.1) is 5.41 Å². The predicted molar refractivity (Wildman–Crippen MR) is 58.6 cm³/mol. The monoisotopic (exact) mass is 212 g/mol. The van der Waals surface area contributed by atoms with E-state index in [0.29, 0.717) is 24.7 Å². The normalized spacial score (nSPS) is 12.4. The van der Waals surface area contributed by atoms with Crippen molar-refractivity contribution in [2.75, 3.05) is 27.2 Å². The number of likely N-dealkylation sites (N-methyl/N-ethyl adjacent to an activating group) is 1. The van der Waals surface area contributed by atoms with E-state index in [2.05, 4.69) is 28.9 Å². The van der Waals surface area contributed by atoms with Gasteiger partial charge in [-0.05, 0) is 34.5 Å². The maximum Gasteiger partial charge on any atom is 0.233 e. The summed E-state index contributed by atoms with van der Waals surface area (Å²) in [6.07, 6.45) is 0.668. The van der Waals surface area contributed by atoms with E-state index in [1.807, 2.05) is 14.1 Å². The molecule has 86 valence electrons. The summed E-state index contributed by atoms with van der Waals surface area (Å²) in [6, 6.07) is 0. The zero-order chi connectivity index (χ0) is 11.5. The van der Waals surface area contributed by atoms with Gasteiger partial charge in [0.2, 0.25) is 5.89 Å². The highest BCUT2D eigenvalue weighted by Crippen LogP contribution is 2.21. The lowest BCUT2D eigenvalue weighted by molar-refractivity contribution is 0.246. The van der Waals surface area contributed by atoms with Crippen molar-refractivity contribution in [3.63, 3.8) is 0 Å². The minimum atomic E-state index is -0.122. The van der Waals surface area contributed by atoms with E-state index in [9.17, 15) is 0 Å². The number of hydrogen-bond acceptors (Lipinski definition) is 5. The highest BCUT2D eigenvalue weighted by atomic mass is 16.5. The van der Waals surface area contributed by atoms with Crippen LogP contribution in [-0.2, 0) is 11.8 Å². The molecule has 1 aromatic rings. The summed E-state index contributed by atoms with van der Waals surface area (Å²) in [5.74, 6) is 1.37. The molecule has 0 atom stereocenters. The summed E-state index contributed by atoms with van der Waals surface area (Å²) >= 11 is 0. The molecule has 0 aromatic carbocycles. The zero-order valence-electron chi connectivity index (χ0n) is 9.95. The molecule has 5 nitrogen and oxygen atoms in total. The van der Waals surface area contributed by atoms with Crippen LogP contribution >= 0.6 is 0 Å². The van der Waals surface area contributed by atoms with E-state index in [-0.39, 0.29) is 5.41 Å². The Kier molecular flexibility index (Phi) is 3.82. The van der Waals surface area contributed by atoms with Gasteiger partial charge in [-0.3, -0.25) is 0 Å². The molecule has 0 aliphatic heterocycles. The third-order valence-electron chi connectivity index (χ3n) is 2.13. The molecule has 1 aromatic heterocycles. The van der Waals surface area contributed by atoms with Gasteiger partial charge in [-0.25, -0.2) is 0 Å². The average Bonchev–Trinajstić information content (AvgIpc) is 2.51. The Morgan fingerprint density at radius 1 is 1.40 bits per heavy atom. The fourth-order valence-electron chi connectivity index (χ4n) is 1.62. The smallest absolute Gasteiger partial charge is 0.233 e. The van der Waals surface area contributed by atoms with Crippen molar-refractivity contribution < 1.29 is 4.52 Å². The molecular weight excluding hydrogens is 192 g/mol. The first-order valence-electron chi connectivity index (χ1n) is 5.13. The summed E-state index contributed by atoms with van der Waals surface area (Å²) in [4.78, 5) is 6.44. The molecule has 5 heteroatoms. The third-order valence-corrected chi connectivity index (χ3v) is 2.13. The van der Waals surface area contributed by atoms with E-state index >= 15 is 0 Å². The lowest BCUT2D eigenvalue weighted by atomic mass is 9.93. The van der Waals surface area contributed by atoms with E-state index in [1.54, 1.807) is 0 Å². The molecule has 0 fully saturated rings. The molecule has 0 saturated carbocycles. The van der Waals surface area contributed by atoms with Crippen molar-refractivity contribution in [2.45, 2.75) is 25.7 Å². The molecule has 0 aliphatic carbocycles. The molecule has 0 saturated heterocycles. The van der Waals surface area contributed by atoms with Crippen LogP contribution < -0.4 is 5.73 Å². The maximum absolute atomic E-state index is 5.43. The van der Waals surface area contributed by atoms with Crippen LogP contribution in [0.25, 0.3) is 0 Å². The predicted octanol–water partition coefficient (Wildman–Crippen LogP) is 0.410. The van der Waals surface area contributed by atoms with Gasteiger partial charge in [0.15, 0.2) is 5.82 Å². The molecule has 1 rings (SSSR count). The molecule has 2 N–H and O–H groups in total. The molecule has 0 unspecified atom stereocenters. The summed E-state index contributed by atoms with van der Waals surface area (Å²) in [6.45, 7) is 5.60. The molecule has 0 spiro atoms. The number of hydrogen-bond donors (Lipinski definition) is 1. The second-order valence-electron chi connectivity index (χ2n) is 4.68. The van der Waals surface area contributed by atoms with Gasteiger partial charge < -0.3 is 15.2 Å². The quantitative estimate of drug-likeness (QED) is 0.765. The number of aromatic nitrogens is 2. The van der Waals surface area contributed by atoms with Crippen LogP contribution in [-0.4, -0.2) is 42.2 Å². The Balaban J connectivity index is 2.75. The van der Waals surface area contributed by atoms with Gasteiger partial charge in [0, 0.05) is 13.0 Å². The molecule has 0 amide bonds. The Bertz CT molecular complexity index is 306. The lowest BCUT2D eigenvalue weighted by Crippen LogP contribution is -2.32. The lowest BCUT2D eigenvalue weighted by Gasteiger charge is -2.23. The fraction of sp³-hybridized carbons (Fsp3) is 0.800. The molecule has 15 heavy (non-hydrogen) atoms. The minimum absolute atomic E-state index is 0.122. The highest BCUT2D eigenvalue weighted by molar-refractivity contribution is 5.02. The maximum atomic E-state index is 5.43. The van der Waals surface area contributed by atoms with Crippen molar-refractivity contribution in [1.82, 2.24) is 15.0 Å². The molecule has 0 aliphatic rings. The second-order valence-corrected chi connectivity index (χ2v) is 4.68. The molecule has 0 radical (unpaired) electrons. The Morgan fingerprint density at radius 3 is 2.60 bits per heavy atom. The van der Waals surface area contributed by atoms with E-state index < -0.39 is 0 Å². The Labute approximate surface area is 90.6 Å². The van der Waals surface area contributed by atoms with Crippen LogP contribution in [0.2, 0.25) is 0 Å². The molecular formula is C10H20N4O. The van der Waals surface area contributed by atoms with Crippen LogP contribution in [0.15, 0.2) is 4.52 Å². The number of nitrogens with zero attached hydrogens (tertiary/aromatic N) is 3. The summed E-state index contributed by atoms with van der Waals surface area (Å²) in [7, 11) is 4.05. The summed E-state index contributed by atoms with van der Waals surface area (Å²) < 4.78 is 5.24. The van der Waals surface area contributed by atoms with Gasteiger partial charge in [-0.2, -0.15) is 4.98 Å². The van der Waals surface area contributed by atoms with Crippen LogP contribution in [0.4, 0.5) is 0 Å². The van der Waals surface area contributed by atoms with E-state index in [1.165, 1.54) is 0 Å². The SMILES string of the molecule is CN(C)CC(C)(C)c1nc(CCN)no1. The minimum Gasteiger partial charge on any atom is -0.339 e. The van der Waals surface area contributed by atoms with Gasteiger partial charge in [0.25, 0.3) is 0 Å². The van der Waals surface area contributed by atoms with Crippen molar-refractivity contribution >= 4 is 0 Å². The number of nitrogens with two attached hydrogens (primary N) is 1. The Morgan fingerprint density at radius 2 is 2.07 bits per heavy atom. The highest BCUT2D eigenvalue weighted by Gasteiger charge is 2.28. The van der Waals surface area contributed by atoms with Crippen molar-refractivity contribution in [1.29, 1.82) is 0 Å². The fourth-order valence-corrected chi connectivity index (χ4v) is 1.62. The zero-order valence-corrected chi connectivity index (χ0v) is 9.95. The van der Waals surface area contributed by atoms with Crippen molar-refractivity contribution in [3.8, 4) is 0 Å². The van der Waals surface area contributed by atoms with Crippen molar-refractivity contribution in [3.05, 3.63) is 11.7 Å². The van der Waals surface area contributed by atoms with Crippen molar-refractivity contribution in [2.24, 2.45) is 5.73 Å². The van der Waals surface area contributed by atoms with Crippen LogP contribution in [0.3, 0.4) is 0 Å². The van der Waals surface area contributed by atoms with Crippen LogP contribution in [0.1, 0.15) is 25.6 Å². The molecule has 0 bridgehead atoms. The van der Waals surface area contributed by atoms with E-state index in [0.717, 1.165) is 6.54 Å². The van der Waals surface area contributed by atoms with E-state index in [4.69, 9.17) is 10.3 Å². The van der Waals surface area contributed by atoms with Crippen LogP contribution in [0, 0.1) is 0 Å². The summed E-state index contributed by atoms with van der Waals surface area (Å²) in [5, 5.41) is 3.89. The van der Waals surface area contributed by atoms with Crippen LogP contribution in [0.5, 0.6) is 0 Å². The van der Waals surface area contributed by atoms with Gasteiger partial charge in [0.1, 0.15) is 0 Å². The van der Waals surface area contributed by atoms with Gasteiger partial charge >= 0.3 is 0 Å². The first kappa shape index (κ1) is 12.1. The topological polar surface area (TPSA) is 68.2 Å². The first-order chi connectivity index (χ1) is 6.95. The standard InChI is InChI=1S/C10H20N4O/c1-10(2,7-14(3)4)9-12-8(5-6-11)13-15-9/h5-7,11H2,1-4H3. The molecule has 1 heterocycles. The van der Waals surface area contributed by atoms with Gasteiger partial charge in [-0.15, -0.1) is 0 Å². The number of rotatable bonds is 5. The second kappa shape index (κ2) is 4.72. The average molecular weight is 212 g/mol.